The SMILES string of the molecule is C.C.C.C.Cc1cnc(C)s1.Cc1nnc(C)s1.[B].c1ccccc1.c1ccccc1. The van der Waals surface area contributed by atoms with Crippen LogP contribution in [0.5, 0.6) is 0 Å². The van der Waals surface area contributed by atoms with Gasteiger partial charge >= 0.3 is 0 Å². The van der Waals surface area contributed by atoms with Crippen LogP contribution in [0.2, 0.25) is 0 Å². The first-order chi connectivity index (χ1) is 12.6. The molecule has 0 fully saturated rings. The lowest BCUT2D eigenvalue weighted by Crippen LogP contribution is -1.68. The fourth-order valence-corrected chi connectivity index (χ4v) is 2.90. The van der Waals surface area contributed by atoms with Crippen molar-refractivity contribution >= 4 is 31.1 Å². The normalized spacial score (nSPS) is 7.35. The summed E-state index contributed by atoms with van der Waals surface area (Å²) in [5, 5.41) is 10.8. The highest BCUT2D eigenvalue weighted by molar-refractivity contribution is 7.11. The number of hydrogen-bond donors (Lipinski definition) is 0. The molecule has 0 saturated carbocycles. The Balaban J connectivity index is -0.0000000922. The molecule has 0 bridgehead atoms. The predicted molar refractivity (Wildman–Crippen MR) is 147 cm³/mol. The second-order valence-corrected chi connectivity index (χ2v) is 7.96. The van der Waals surface area contributed by atoms with Crippen LogP contribution in [0.1, 0.15) is 49.6 Å². The van der Waals surface area contributed by atoms with Crippen LogP contribution in [0.15, 0.2) is 79.0 Å². The highest BCUT2D eigenvalue weighted by Gasteiger charge is 1.88. The third-order valence-electron chi connectivity index (χ3n) is 2.70. The standard InChI is InChI=1S/2C6H6.C5H7NS.C4H6N2S.4CH4.B/c2*1-2-4-6-5-3-1;1-4-3-6-5(2)7-4;1-3-5-6-4(2)7-3;;;;;/h2*1-6H;3H,1-2H3;1-2H3;4*1H4;. The van der Waals surface area contributed by atoms with Crippen LogP contribution in [0, 0.1) is 27.7 Å². The zero-order valence-electron chi connectivity index (χ0n) is 16.2. The lowest BCUT2D eigenvalue weighted by atomic mass is 10.4. The first kappa shape index (κ1) is 39.2. The summed E-state index contributed by atoms with van der Waals surface area (Å²) in [7, 11) is 0. The van der Waals surface area contributed by atoms with Gasteiger partial charge in [0.25, 0.3) is 0 Å². The molecule has 0 aliphatic rings. The summed E-state index contributed by atoms with van der Waals surface area (Å²) in [6.07, 6.45) is 1.89. The molecular weight excluding hydrogens is 417 g/mol. The molecule has 0 aliphatic carbocycles. The average Bonchev–Trinajstić information content (AvgIpc) is 3.25. The topological polar surface area (TPSA) is 38.7 Å². The van der Waals surface area contributed by atoms with Crippen LogP contribution in [0.25, 0.3) is 0 Å². The highest BCUT2D eigenvalue weighted by Crippen LogP contribution is 2.07. The molecule has 2 heterocycles. The quantitative estimate of drug-likeness (QED) is 0.248. The van der Waals surface area contributed by atoms with Gasteiger partial charge in [-0.2, -0.15) is 0 Å². The monoisotopic (exact) mass is 458 g/mol. The number of aryl methyl sites for hydroxylation is 4. The van der Waals surface area contributed by atoms with E-state index >= 15 is 0 Å². The Hall–Kier alpha value is -2.31. The minimum absolute atomic E-state index is 0. The van der Waals surface area contributed by atoms with Crippen LogP contribution >= 0.6 is 22.7 Å². The summed E-state index contributed by atoms with van der Waals surface area (Å²) in [6, 6.07) is 24.0. The molecule has 3 radical (unpaired) electrons. The van der Waals surface area contributed by atoms with Gasteiger partial charge in [0, 0.05) is 19.5 Å². The molecule has 6 heteroatoms. The molecule has 4 rings (SSSR count). The van der Waals surface area contributed by atoms with E-state index in [1.54, 1.807) is 22.7 Å². The maximum Gasteiger partial charge on any atom is 0.114 e. The summed E-state index contributed by atoms with van der Waals surface area (Å²) in [5.41, 5.74) is 0. The molecule has 2 aromatic heterocycles. The van der Waals surface area contributed by atoms with Crippen molar-refractivity contribution in [3.05, 3.63) is 98.9 Å². The first-order valence-corrected chi connectivity index (χ1v) is 9.87. The number of thiazole rings is 1. The van der Waals surface area contributed by atoms with Crippen LogP contribution in [0.4, 0.5) is 0 Å². The van der Waals surface area contributed by atoms with Crippen molar-refractivity contribution in [3.63, 3.8) is 0 Å². The van der Waals surface area contributed by atoms with Crippen molar-refractivity contribution < 1.29 is 0 Å². The molecule has 31 heavy (non-hydrogen) atoms. The van der Waals surface area contributed by atoms with Gasteiger partial charge in [-0.3, -0.25) is 0 Å². The van der Waals surface area contributed by atoms with Crippen LogP contribution in [-0.4, -0.2) is 23.6 Å². The van der Waals surface area contributed by atoms with Crippen molar-refractivity contribution in [1.29, 1.82) is 0 Å². The van der Waals surface area contributed by atoms with E-state index in [0.29, 0.717) is 0 Å². The summed E-state index contributed by atoms with van der Waals surface area (Å²) >= 11 is 3.35. The van der Waals surface area contributed by atoms with Gasteiger partial charge in [0.2, 0.25) is 0 Å². The van der Waals surface area contributed by atoms with Gasteiger partial charge in [0.05, 0.1) is 5.01 Å². The fourth-order valence-electron chi connectivity index (χ4n) is 1.63. The van der Waals surface area contributed by atoms with Gasteiger partial charge in [-0.05, 0) is 27.7 Å². The van der Waals surface area contributed by atoms with Gasteiger partial charge in [0.15, 0.2) is 0 Å². The minimum Gasteiger partial charge on any atom is -0.250 e. The minimum atomic E-state index is 0. The largest absolute Gasteiger partial charge is 0.250 e. The molecular formula is C25H41BN3S2. The van der Waals surface area contributed by atoms with E-state index < -0.39 is 0 Å². The number of rotatable bonds is 0. The van der Waals surface area contributed by atoms with Crippen molar-refractivity contribution in [2.45, 2.75) is 57.4 Å². The van der Waals surface area contributed by atoms with E-state index in [1.165, 1.54) is 4.88 Å². The molecule has 0 N–H and O–H groups in total. The molecule has 0 spiro atoms. The van der Waals surface area contributed by atoms with Crippen molar-refractivity contribution in [1.82, 2.24) is 15.2 Å². The zero-order valence-corrected chi connectivity index (χ0v) is 17.9. The Bertz CT molecular complexity index is 648. The molecule has 0 saturated heterocycles. The maximum atomic E-state index is 4.03. The zero-order chi connectivity index (χ0) is 19.0. The second kappa shape index (κ2) is 25.7. The Morgan fingerprint density at radius 1 is 0.484 bits per heavy atom. The number of aromatic nitrogens is 3. The smallest absolute Gasteiger partial charge is 0.114 e. The van der Waals surface area contributed by atoms with Gasteiger partial charge in [0.1, 0.15) is 10.0 Å². The second-order valence-electron chi connectivity index (χ2n) is 5.14. The summed E-state index contributed by atoms with van der Waals surface area (Å²) < 4.78 is 0. The fraction of sp³-hybridized carbons (Fsp3) is 0.320. The van der Waals surface area contributed by atoms with E-state index in [9.17, 15) is 0 Å². The molecule has 4 aromatic rings. The molecule has 0 amide bonds. The van der Waals surface area contributed by atoms with E-state index in [0.717, 1.165) is 15.0 Å². The predicted octanol–water partition coefficient (Wildman–Crippen LogP) is 8.45. The average molecular weight is 459 g/mol. The van der Waals surface area contributed by atoms with Gasteiger partial charge < -0.3 is 0 Å². The van der Waals surface area contributed by atoms with Crippen molar-refractivity contribution in [2.24, 2.45) is 0 Å². The number of benzene rings is 2. The Labute approximate surface area is 202 Å². The molecule has 3 nitrogen and oxygen atoms in total. The van der Waals surface area contributed by atoms with Gasteiger partial charge in [-0.15, -0.1) is 32.9 Å². The summed E-state index contributed by atoms with van der Waals surface area (Å²) in [5.74, 6) is 0. The Morgan fingerprint density at radius 3 is 0.871 bits per heavy atom. The van der Waals surface area contributed by atoms with E-state index in [2.05, 4.69) is 22.1 Å². The maximum absolute atomic E-state index is 4.03. The molecule has 0 unspecified atom stereocenters. The highest BCUT2D eigenvalue weighted by atomic mass is 32.1. The lowest BCUT2D eigenvalue weighted by molar-refractivity contribution is 1.02. The third kappa shape index (κ3) is 23.8. The molecule has 171 valence electrons. The first-order valence-electron chi connectivity index (χ1n) is 8.23. The third-order valence-corrected chi connectivity index (χ3v) is 4.28. The van der Waals surface area contributed by atoms with Crippen molar-refractivity contribution in [2.75, 3.05) is 0 Å². The summed E-state index contributed by atoms with van der Waals surface area (Å²) in [4.78, 5) is 5.32. The van der Waals surface area contributed by atoms with E-state index in [-0.39, 0.29) is 38.1 Å². The number of nitrogens with zero attached hydrogens (tertiary/aromatic N) is 3. The van der Waals surface area contributed by atoms with Crippen LogP contribution in [0.3, 0.4) is 0 Å². The Morgan fingerprint density at radius 2 is 0.774 bits per heavy atom. The van der Waals surface area contributed by atoms with E-state index in [4.69, 9.17) is 0 Å². The summed E-state index contributed by atoms with van der Waals surface area (Å²) in [6.45, 7) is 7.97. The van der Waals surface area contributed by atoms with Gasteiger partial charge in [-0.1, -0.05) is 103 Å². The van der Waals surface area contributed by atoms with Crippen LogP contribution < -0.4 is 0 Å². The van der Waals surface area contributed by atoms with Gasteiger partial charge in [-0.25, -0.2) is 4.98 Å². The molecule has 2 aromatic carbocycles. The van der Waals surface area contributed by atoms with E-state index in [1.807, 2.05) is 99.8 Å². The molecule has 0 aliphatic heterocycles. The number of hydrogen-bond acceptors (Lipinski definition) is 5. The lowest BCUT2D eigenvalue weighted by Gasteiger charge is -1.69. The Kier molecular flexibility index (Phi) is 32.5. The van der Waals surface area contributed by atoms with Crippen molar-refractivity contribution in [3.8, 4) is 0 Å². The van der Waals surface area contributed by atoms with Crippen LogP contribution in [-0.2, 0) is 0 Å². The molecule has 0 atom stereocenters.